The van der Waals surface area contributed by atoms with Gasteiger partial charge >= 0.3 is 0 Å². The molecular weight excluding hydrogens is 190 g/mol. The molecule has 2 fully saturated rings. The second-order valence-corrected chi connectivity index (χ2v) is 4.86. The van der Waals surface area contributed by atoms with Crippen molar-refractivity contribution in [1.82, 2.24) is 15.1 Å². The Morgan fingerprint density at radius 3 is 2.33 bits per heavy atom. The van der Waals surface area contributed by atoms with Crippen LogP contribution in [0.1, 0.15) is 19.8 Å². The van der Waals surface area contributed by atoms with Gasteiger partial charge in [0.1, 0.15) is 0 Å². The summed E-state index contributed by atoms with van der Waals surface area (Å²) in [6.45, 7) is 6.34. The van der Waals surface area contributed by atoms with E-state index in [1.165, 1.54) is 26.2 Å². The summed E-state index contributed by atoms with van der Waals surface area (Å²) in [6, 6.07) is 1.16. The molecule has 0 radical (unpaired) electrons. The number of hydrogen-bond acceptors (Lipinski definition) is 3. The molecule has 0 spiro atoms. The minimum Gasteiger partial charge on any atom is -0.353 e. The van der Waals surface area contributed by atoms with Crippen LogP contribution >= 0.6 is 0 Å². The van der Waals surface area contributed by atoms with Gasteiger partial charge < -0.3 is 10.2 Å². The van der Waals surface area contributed by atoms with E-state index in [-0.39, 0.29) is 5.91 Å². The minimum atomic E-state index is 0.108. The van der Waals surface area contributed by atoms with E-state index in [4.69, 9.17) is 0 Å². The Kier molecular flexibility index (Phi) is 3.26. The van der Waals surface area contributed by atoms with Crippen LogP contribution in [-0.4, -0.2) is 61.0 Å². The van der Waals surface area contributed by atoms with Crippen LogP contribution in [-0.2, 0) is 4.79 Å². The Hall–Kier alpha value is -0.610. The van der Waals surface area contributed by atoms with Crippen LogP contribution in [0.5, 0.6) is 0 Å². The highest BCUT2D eigenvalue weighted by Gasteiger charge is 2.34. The maximum Gasteiger partial charge on any atom is 0.217 e. The summed E-state index contributed by atoms with van der Waals surface area (Å²) in [4.78, 5) is 15.8. The van der Waals surface area contributed by atoms with Gasteiger partial charge in [-0.2, -0.15) is 0 Å². The summed E-state index contributed by atoms with van der Waals surface area (Å²) in [7, 11) is 2.18. The van der Waals surface area contributed by atoms with E-state index in [2.05, 4.69) is 22.2 Å². The molecule has 1 aliphatic heterocycles. The van der Waals surface area contributed by atoms with E-state index >= 15 is 0 Å². The van der Waals surface area contributed by atoms with Gasteiger partial charge in [-0.3, -0.25) is 9.69 Å². The van der Waals surface area contributed by atoms with Crippen molar-refractivity contribution in [3.05, 3.63) is 0 Å². The smallest absolute Gasteiger partial charge is 0.217 e. The highest BCUT2D eigenvalue weighted by Crippen LogP contribution is 2.26. The number of amides is 1. The highest BCUT2D eigenvalue weighted by molar-refractivity contribution is 5.73. The molecule has 1 saturated carbocycles. The summed E-state index contributed by atoms with van der Waals surface area (Å²) in [5.74, 6) is 0.108. The summed E-state index contributed by atoms with van der Waals surface area (Å²) >= 11 is 0. The molecular formula is C11H21N3O. The molecule has 0 aromatic heterocycles. The van der Waals surface area contributed by atoms with Crippen molar-refractivity contribution >= 4 is 5.91 Å². The number of nitrogens with one attached hydrogen (secondary N) is 1. The van der Waals surface area contributed by atoms with Crippen molar-refractivity contribution in [2.75, 3.05) is 33.2 Å². The molecule has 1 aliphatic carbocycles. The van der Waals surface area contributed by atoms with Gasteiger partial charge in [-0.15, -0.1) is 0 Å². The Bertz CT molecular complexity index is 230. The lowest BCUT2D eigenvalue weighted by molar-refractivity contribution is -0.120. The predicted octanol–water partition coefficient (Wildman–Crippen LogP) is -0.0991. The van der Waals surface area contributed by atoms with Crippen LogP contribution in [0.15, 0.2) is 0 Å². The zero-order valence-electron chi connectivity index (χ0n) is 9.70. The molecule has 0 atom stereocenters. The van der Waals surface area contributed by atoms with E-state index in [1.807, 2.05) is 0 Å². The van der Waals surface area contributed by atoms with Crippen molar-refractivity contribution in [3.63, 3.8) is 0 Å². The van der Waals surface area contributed by atoms with Gasteiger partial charge in [0.05, 0.1) is 0 Å². The first-order valence-corrected chi connectivity index (χ1v) is 5.85. The largest absolute Gasteiger partial charge is 0.353 e. The average molecular weight is 211 g/mol. The molecule has 2 rings (SSSR count). The third-order valence-electron chi connectivity index (χ3n) is 3.57. The van der Waals surface area contributed by atoms with Crippen LogP contribution < -0.4 is 5.32 Å². The first kappa shape index (κ1) is 10.9. The van der Waals surface area contributed by atoms with Crippen molar-refractivity contribution < 1.29 is 4.79 Å². The first-order valence-electron chi connectivity index (χ1n) is 5.85. The van der Waals surface area contributed by atoms with Crippen LogP contribution in [0.25, 0.3) is 0 Å². The molecule has 0 bridgehead atoms. The monoisotopic (exact) mass is 211 g/mol. The molecule has 2 aliphatic rings. The topological polar surface area (TPSA) is 35.6 Å². The van der Waals surface area contributed by atoms with Gasteiger partial charge in [0.2, 0.25) is 5.91 Å². The normalized spacial score (nSPS) is 33.5. The van der Waals surface area contributed by atoms with Gasteiger partial charge in [-0.25, -0.2) is 0 Å². The zero-order valence-corrected chi connectivity index (χ0v) is 9.70. The number of carbonyl (C=O) groups is 1. The van der Waals surface area contributed by atoms with Gasteiger partial charge in [-0.05, 0) is 19.9 Å². The second kappa shape index (κ2) is 4.49. The molecule has 1 heterocycles. The van der Waals surface area contributed by atoms with Crippen LogP contribution in [0.3, 0.4) is 0 Å². The SMILES string of the molecule is CC(=O)NC1CC(N2CCN(C)CC2)C1. The molecule has 0 aromatic carbocycles. The predicted molar refractivity (Wildman–Crippen MR) is 59.7 cm³/mol. The molecule has 0 unspecified atom stereocenters. The van der Waals surface area contributed by atoms with E-state index in [0.717, 1.165) is 18.9 Å². The molecule has 15 heavy (non-hydrogen) atoms. The summed E-state index contributed by atoms with van der Waals surface area (Å²) in [5, 5.41) is 2.98. The summed E-state index contributed by atoms with van der Waals surface area (Å²) in [6.07, 6.45) is 2.28. The minimum absolute atomic E-state index is 0.108. The Morgan fingerprint density at radius 1 is 1.20 bits per heavy atom. The van der Waals surface area contributed by atoms with Crippen molar-refractivity contribution in [3.8, 4) is 0 Å². The molecule has 0 aromatic rings. The fourth-order valence-electron chi connectivity index (χ4n) is 2.48. The number of nitrogens with zero attached hydrogens (tertiary/aromatic N) is 2. The zero-order chi connectivity index (χ0) is 10.8. The van der Waals surface area contributed by atoms with Gasteiger partial charge in [0, 0.05) is 45.2 Å². The Labute approximate surface area is 91.6 Å². The second-order valence-electron chi connectivity index (χ2n) is 4.86. The number of likely N-dealkylation sites (N-methyl/N-ethyl adjacent to an activating group) is 1. The van der Waals surface area contributed by atoms with E-state index in [0.29, 0.717) is 6.04 Å². The fraction of sp³-hybridized carbons (Fsp3) is 0.909. The summed E-state index contributed by atoms with van der Waals surface area (Å²) in [5.41, 5.74) is 0. The maximum atomic E-state index is 10.8. The summed E-state index contributed by atoms with van der Waals surface area (Å²) < 4.78 is 0. The Morgan fingerprint density at radius 2 is 1.80 bits per heavy atom. The lowest BCUT2D eigenvalue weighted by atomic mass is 9.85. The third kappa shape index (κ3) is 2.69. The van der Waals surface area contributed by atoms with Crippen LogP contribution in [0.2, 0.25) is 0 Å². The quantitative estimate of drug-likeness (QED) is 0.693. The number of piperazine rings is 1. The molecule has 1 N–H and O–H groups in total. The molecule has 4 heteroatoms. The number of hydrogen-bond donors (Lipinski definition) is 1. The first-order chi connectivity index (χ1) is 7.15. The third-order valence-corrected chi connectivity index (χ3v) is 3.57. The van der Waals surface area contributed by atoms with E-state index in [1.54, 1.807) is 6.92 Å². The number of rotatable bonds is 2. The van der Waals surface area contributed by atoms with Gasteiger partial charge in [0.25, 0.3) is 0 Å². The van der Waals surface area contributed by atoms with E-state index in [9.17, 15) is 4.79 Å². The van der Waals surface area contributed by atoms with Crippen molar-refractivity contribution in [2.45, 2.75) is 31.8 Å². The molecule has 86 valence electrons. The Balaban J connectivity index is 1.68. The van der Waals surface area contributed by atoms with E-state index < -0.39 is 0 Å². The van der Waals surface area contributed by atoms with Crippen LogP contribution in [0.4, 0.5) is 0 Å². The van der Waals surface area contributed by atoms with Gasteiger partial charge in [-0.1, -0.05) is 0 Å². The highest BCUT2D eigenvalue weighted by atomic mass is 16.1. The maximum absolute atomic E-state index is 10.8. The van der Waals surface area contributed by atoms with Crippen LogP contribution in [0, 0.1) is 0 Å². The fourth-order valence-corrected chi connectivity index (χ4v) is 2.48. The number of carbonyl (C=O) groups excluding carboxylic acids is 1. The lowest BCUT2D eigenvalue weighted by Gasteiger charge is -2.46. The standard InChI is InChI=1S/C11H21N3O/c1-9(15)12-10-7-11(8-10)14-5-3-13(2)4-6-14/h10-11H,3-8H2,1-2H3,(H,12,15). The molecule has 1 amide bonds. The van der Waals surface area contributed by atoms with Crippen molar-refractivity contribution in [1.29, 1.82) is 0 Å². The van der Waals surface area contributed by atoms with Crippen molar-refractivity contribution in [2.24, 2.45) is 0 Å². The molecule has 4 nitrogen and oxygen atoms in total. The van der Waals surface area contributed by atoms with Gasteiger partial charge in [0.15, 0.2) is 0 Å². The molecule has 1 saturated heterocycles. The lowest BCUT2D eigenvalue weighted by Crippen LogP contribution is -2.57. The average Bonchev–Trinajstić information content (AvgIpc) is 2.12.